The summed E-state index contributed by atoms with van der Waals surface area (Å²) in [6, 6.07) is 11.5. The molecule has 2 aromatic carbocycles. The molecule has 3 amide bonds. The van der Waals surface area contributed by atoms with Gasteiger partial charge in [-0.25, -0.2) is 9.18 Å². The molecule has 23 heavy (non-hydrogen) atoms. The van der Waals surface area contributed by atoms with Gasteiger partial charge in [0.05, 0.1) is 7.11 Å². The second kappa shape index (κ2) is 7.79. The molecule has 0 aliphatic heterocycles. The molecule has 6 nitrogen and oxygen atoms in total. The summed E-state index contributed by atoms with van der Waals surface area (Å²) in [4.78, 5) is 23.2. The van der Waals surface area contributed by atoms with Crippen molar-refractivity contribution < 1.29 is 23.5 Å². The maximum atomic E-state index is 13.3. The number of nitrogens with one attached hydrogen (secondary N) is 2. The maximum Gasteiger partial charge on any atom is 0.325 e. The molecule has 0 aliphatic carbocycles. The van der Waals surface area contributed by atoms with Gasteiger partial charge in [0.15, 0.2) is 18.2 Å². The molecule has 0 aliphatic rings. The lowest BCUT2D eigenvalue weighted by Crippen LogP contribution is -2.37. The van der Waals surface area contributed by atoms with Crippen molar-refractivity contribution in [1.82, 2.24) is 5.32 Å². The van der Waals surface area contributed by atoms with Gasteiger partial charge in [0.25, 0.3) is 5.91 Å². The second-order valence-electron chi connectivity index (χ2n) is 4.45. The van der Waals surface area contributed by atoms with E-state index in [2.05, 4.69) is 10.6 Å². The molecule has 7 heteroatoms. The Morgan fingerprint density at radius 1 is 1.09 bits per heavy atom. The SMILES string of the molecule is COc1ccc(NC(=O)NC(=O)COc2ccccc2F)cc1. The van der Waals surface area contributed by atoms with Crippen molar-refractivity contribution in [2.24, 2.45) is 0 Å². The zero-order valence-electron chi connectivity index (χ0n) is 12.3. The third kappa shape index (κ3) is 4.99. The molecule has 0 heterocycles. The number of imide groups is 1. The number of para-hydroxylation sites is 1. The van der Waals surface area contributed by atoms with Crippen LogP contribution in [0.1, 0.15) is 0 Å². The van der Waals surface area contributed by atoms with Crippen LogP contribution in [0.3, 0.4) is 0 Å². The molecule has 0 fully saturated rings. The normalized spacial score (nSPS) is 9.83. The first kappa shape index (κ1) is 16.3. The van der Waals surface area contributed by atoms with Crippen molar-refractivity contribution in [3.63, 3.8) is 0 Å². The molecular formula is C16H15FN2O4. The fraction of sp³-hybridized carbons (Fsp3) is 0.125. The minimum Gasteiger partial charge on any atom is -0.497 e. The molecule has 0 saturated heterocycles. The van der Waals surface area contributed by atoms with Crippen LogP contribution in [0.5, 0.6) is 11.5 Å². The van der Waals surface area contributed by atoms with Crippen LogP contribution in [0.25, 0.3) is 0 Å². The Labute approximate surface area is 132 Å². The topological polar surface area (TPSA) is 76.7 Å². The number of ether oxygens (including phenoxy) is 2. The van der Waals surface area contributed by atoms with Crippen LogP contribution in [-0.4, -0.2) is 25.7 Å². The number of methoxy groups -OCH3 is 1. The zero-order valence-corrected chi connectivity index (χ0v) is 12.3. The zero-order chi connectivity index (χ0) is 16.7. The molecule has 0 atom stereocenters. The van der Waals surface area contributed by atoms with Crippen molar-refractivity contribution in [3.8, 4) is 11.5 Å². The summed E-state index contributed by atoms with van der Waals surface area (Å²) in [6.07, 6.45) is 0. The van der Waals surface area contributed by atoms with E-state index in [9.17, 15) is 14.0 Å². The fourth-order valence-electron chi connectivity index (χ4n) is 1.70. The number of hydrogen-bond acceptors (Lipinski definition) is 4. The Morgan fingerprint density at radius 3 is 2.43 bits per heavy atom. The van der Waals surface area contributed by atoms with Crippen molar-refractivity contribution >= 4 is 17.6 Å². The predicted octanol–water partition coefficient (Wildman–Crippen LogP) is 2.56. The molecule has 120 valence electrons. The summed E-state index contributed by atoms with van der Waals surface area (Å²) in [5.74, 6) is -0.689. The van der Waals surface area contributed by atoms with Gasteiger partial charge in [-0.05, 0) is 36.4 Å². The van der Waals surface area contributed by atoms with E-state index in [0.29, 0.717) is 11.4 Å². The smallest absolute Gasteiger partial charge is 0.325 e. The van der Waals surface area contributed by atoms with Crippen LogP contribution in [0, 0.1) is 5.82 Å². The highest BCUT2D eigenvalue weighted by molar-refractivity contribution is 6.01. The number of halogens is 1. The number of urea groups is 1. The van der Waals surface area contributed by atoms with E-state index < -0.39 is 24.4 Å². The quantitative estimate of drug-likeness (QED) is 0.888. The van der Waals surface area contributed by atoms with Gasteiger partial charge in [-0.2, -0.15) is 0 Å². The van der Waals surface area contributed by atoms with Gasteiger partial charge in [0.2, 0.25) is 0 Å². The first-order chi connectivity index (χ1) is 11.1. The van der Waals surface area contributed by atoms with Gasteiger partial charge in [-0.3, -0.25) is 10.1 Å². The lowest BCUT2D eigenvalue weighted by atomic mass is 10.3. The van der Waals surface area contributed by atoms with Crippen LogP contribution in [0.15, 0.2) is 48.5 Å². The summed E-state index contributed by atoms with van der Waals surface area (Å²) in [5.41, 5.74) is 0.492. The minimum atomic E-state index is -0.711. The van der Waals surface area contributed by atoms with E-state index >= 15 is 0 Å². The van der Waals surface area contributed by atoms with Gasteiger partial charge in [-0.1, -0.05) is 12.1 Å². The van der Waals surface area contributed by atoms with Gasteiger partial charge < -0.3 is 14.8 Å². The van der Waals surface area contributed by atoms with Crippen LogP contribution in [-0.2, 0) is 4.79 Å². The molecule has 0 unspecified atom stereocenters. The number of benzene rings is 2. The van der Waals surface area contributed by atoms with Crippen molar-refractivity contribution in [2.45, 2.75) is 0 Å². The molecule has 0 radical (unpaired) electrons. The number of anilines is 1. The van der Waals surface area contributed by atoms with Gasteiger partial charge in [-0.15, -0.1) is 0 Å². The van der Waals surface area contributed by atoms with Crippen molar-refractivity contribution in [2.75, 3.05) is 19.0 Å². The van der Waals surface area contributed by atoms with Crippen LogP contribution in [0.2, 0.25) is 0 Å². The highest BCUT2D eigenvalue weighted by Gasteiger charge is 2.10. The van der Waals surface area contributed by atoms with Gasteiger partial charge in [0, 0.05) is 5.69 Å². The largest absolute Gasteiger partial charge is 0.497 e. The van der Waals surface area contributed by atoms with Crippen LogP contribution < -0.4 is 20.1 Å². The number of rotatable bonds is 5. The summed E-state index contributed by atoms with van der Waals surface area (Å²) < 4.78 is 23.3. The summed E-state index contributed by atoms with van der Waals surface area (Å²) >= 11 is 0. The summed E-state index contributed by atoms with van der Waals surface area (Å²) in [6.45, 7) is -0.475. The highest BCUT2D eigenvalue weighted by Crippen LogP contribution is 2.15. The molecule has 2 aromatic rings. The lowest BCUT2D eigenvalue weighted by Gasteiger charge is -2.09. The summed E-state index contributed by atoms with van der Waals surface area (Å²) in [7, 11) is 1.53. The van der Waals surface area contributed by atoms with Gasteiger partial charge in [0.1, 0.15) is 5.75 Å². The van der Waals surface area contributed by atoms with Crippen molar-refractivity contribution in [1.29, 1.82) is 0 Å². The van der Waals surface area contributed by atoms with E-state index in [-0.39, 0.29) is 5.75 Å². The first-order valence-corrected chi connectivity index (χ1v) is 6.70. The van der Waals surface area contributed by atoms with E-state index in [4.69, 9.17) is 9.47 Å². The third-order valence-electron chi connectivity index (χ3n) is 2.80. The van der Waals surface area contributed by atoms with E-state index in [0.717, 1.165) is 0 Å². The molecular weight excluding hydrogens is 303 g/mol. The average molecular weight is 318 g/mol. The maximum absolute atomic E-state index is 13.3. The number of carbonyl (C=O) groups excluding carboxylic acids is 2. The average Bonchev–Trinajstić information content (AvgIpc) is 2.54. The molecule has 0 bridgehead atoms. The van der Waals surface area contributed by atoms with Crippen LogP contribution >= 0.6 is 0 Å². The molecule has 0 spiro atoms. The fourth-order valence-corrected chi connectivity index (χ4v) is 1.70. The Morgan fingerprint density at radius 2 is 1.78 bits per heavy atom. The molecule has 2 rings (SSSR count). The third-order valence-corrected chi connectivity index (χ3v) is 2.80. The monoisotopic (exact) mass is 318 g/mol. The second-order valence-corrected chi connectivity index (χ2v) is 4.45. The molecule has 0 saturated carbocycles. The number of hydrogen-bond donors (Lipinski definition) is 2. The number of amides is 3. The van der Waals surface area contributed by atoms with Crippen LogP contribution in [0.4, 0.5) is 14.9 Å². The Bertz CT molecular complexity index is 689. The Balaban J connectivity index is 1.80. The minimum absolute atomic E-state index is 0.0572. The highest BCUT2D eigenvalue weighted by atomic mass is 19.1. The summed E-state index contributed by atoms with van der Waals surface area (Å²) in [5, 5.41) is 4.56. The molecule has 0 aromatic heterocycles. The Hall–Kier alpha value is -3.09. The van der Waals surface area contributed by atoms with E-state index in [1.165, 1.54) is 25.3 Å². The number of carbonyl (C=O) groups is 2. The van der Waals surface area contributed by atoms with Gasteiger partial charge >= 0.3 is 6.03 Å². The standard InChI is InChI=1S/C16H15FN2O4/c1-22-12-8-6-11(7-9-12)18-16(21)19-15(20)10-23-14-5-3-2-4-13(14)17/h2-9H,10H2,1H3,(H2,18,19,20,21). The molecule has 2 N–H and O–H groups in total. The first-order valence-electron chi connectivity index (χ1n) is 6.70. The van der Waals surface area contributed by atoms with E-state index in [1.54, 1.807) is 30.3 Å². The van der Waals surface area contributed by atoms with Crippen molar-refractivity contribution in [3.05, 3.63) is 54.3 Å². The lowest BCUT2D eigenvalue weighted by molar-refractivity contribution is -0.121. The Kier molecular flexibility index (Phi) is 5.51. The predicted molar refractivity (Wildman–Crippen MR) is 82.1 cm³/mol. The van der Waals surface area contributed by atoms with E-state index in [1.807, 2.05) is 0 Å².